The summed E-state index contributed by atoms with van der Waals surface area (Å²) in [4.78, 5) is 13.6. The van der Waals surface area contributed by atoms with Gasteiger partial charge in [-0.05, 0) is 55.7 Å². The van der Waals surface area contributed by atoms with Crippen molar-refractivity contribution < 1.29 is 36.9 Å². The number of aliphatic hydroxyl groups excluding tert-OH is 1. The van der Waals surface area contributed by atoms with Gasteiger partial charge in [-0.1, -0.05) is 12.0 Å². The van der Waals surface area contributed by atoms with Crippen LogP contribution in [0.3, 0.4) is 0 Å². The number of anilines is 2. The number of rotatable bonds is 9. The van der Waals surface area contributed by atoms with Gasteiger partial charge >= 0.3 is 12.1 Å². The number of β-amino-alcohol motifs (C(OH)–C–C–N with tert-alkyl or cyclic N) is 1. The van der Waals surface area contributed by atoms with Gasteiger partial charge in [-0.15, -0.1) is 0 Å². The number of carbonyl (C=O) groups is 1. The highest BCUT2D eigenvalue weighted by Gasteiger charge is 2.32. The van der Waals surface area contributed by atoms with Crippen molar-refractivity contribution in [3.8, 4) is 17.6 Å². The van der Waals surface area contributed by atoms with E-state index in [2.05, 4.69) is 22.5 Å². The van der Waals surface area contributed by atoms with Crippen molar-refractivity contribution in [3.63, 3.8) is 0 Å². The first-order valence-corrected chi connectivity index (χ1v) is 13.5. The van der Waals surface area contributed by atoms with E-state index >= 15 is 4.39 Å². The van der Waals surface area contributed by atoms with Crippen molar-refractivity contribution in [1.82, 2.24) is 9.47 Å². The fraction of sp³-hybridized carbons (Fsp3) is 0.433. The highest BCUT2D eigenvalue weighted by atomic mass is 19.4. The average molecular weight is 591 g/mol. The molecule has 3 aromatic rings. The number of aliphatic hydroxyl groups is 1. The normalized spacial score (nSPS) is 18.2. The molecule has 12 heteroatoms. The lowest BCUT2D eigenvalue weighted by molar-refractivity contribution is -0.140. The van der Waals surface area contributed by atoms with Gasteiger partial charge in [0.1, 0.15) is 18.5 Å². The van der Waals surface area contributed by atoms with Crippen molar-refractivity contribution in [2.75, 3.05) is 51.0 Å². The first-order valence-electron chi connectivity index (χ1n) is 13.5. The largest absolute Gasteiger partial charge is 0.495 e. The molecule has 1 saturated heterocycles. The molecule has 1 aliphatic rings. The van der Waals surface area contributed by atoms with Crippen LogP contribution in [-0.4, -0.2) is 85.4 Å². The lowest BCUT2D eigenvalue weighted by atomic mass is 10.0. The number of likely N-dealkylation sites (tertiary alicyclic amines) is 1. The quantitative estimate of drug-likeness (QED) is 0.190. The number of ether oxygens (including phenoxy) is 2. The number of nitrogens with one attached hydrogen (secondary N) is 2. The second kappa shape index (κ2) is 13.4. The van der Waals surface area contributed by atoms with E-state index in [1.54, 1.807) is 43.3 Å². The van der Waals surface area contributed by atoms with Gasteiger partial charge in [-0.25, -0.2) is 9.18 Å². The van der Waals surface area contributed by atoms with E-state index in [0.717, 1.165) is 4.57 Å². The number of halogens is 4. The number of carbonyl (C=O) groups excluding carboxylic acids is 1. The zero-order valence-corrected chi connectivity index (χ0v) is 23.6. The third kappa shape index (κ3) is 7.66. The standard InChI is InChI=1S/C30H34F4N4O4/c1-19(39)16-37-13-11-25(23(31)17-37)36-24-7-4-8-27-22(24)15-21(38(27)18-30(32,33)34)6-5-12-35-26-10-9-20(29(40)42-3)14-28(26)41-2/h4,7-10,14-15,19,23,25,35-36,39H,11-13,16-18H2,1-3H3/t19-,23-,25+/m0/s1. The second-order valence-electron chi connectivity index (χ2n) is 10.2. The number of methoxy groups -OCH3 is 2. The lowest BCUT2D eigenvalue weighted by Gasteiger charge is -2.36. The molecule has 42 heavy (non-hydrogen) atoms. The molecule has 1 fully saturated rings. The maximum Gasteiger partial charge on any atom is 0.406 e. The Morgan fingerprint density at radius 2 is 1.98 bits per heavy atom. The maximum absolute atomic E-state index is 15.0. The summed E-state index contributed by atoms with van der Waals surface area (Å²) in [7, 11) is 2.72. The van der Waals surface area contributed by atoms with Gasteiger partial charge in [-0.3, -0.25) is 4.90 Å². The highest BCUT2D eigenvalue weighted by Crippen LogP contribution is 2.32. The molecule has 1 aromatic heterocycles. The van der Waals surface area contributed by atoms with Crippen molar-refractivity contribution in [1.29, 1.82) is 0 Å². The predicted octanol–water partition coefficient (Wildman–Crippen LogP) is 4.67. The average Bonchev–Trinajstić information content (AvgIpc) is 3.28. The van der Waals surface area contributed by atoms with E-state index in [-0.39, 0.29) is 18.8 Å². The van der Waals surface area contributed by atoms with Gasteiger partial charge in [-0.2, -0.15) is 13.2 Å². The third-order valence-corrected chi connectivity index (χ3v) is 6.98. The molecule has 0 spiro atoms. The minimum atomic E-state index is -4.49. The lowest BCUT2D eigenvalue weighted by Crippen LogP contribution is -2.49. The second-order valence-corrected chi connectivity index (χ2v) is 10.2. The molecular weight excluding hydrogens is 556 g/mol. The SMILES string of the molecule is COC(=O)c1ccc(NCC#Cc2cc3c(N[C@@H]4CCN(C[C@H](C)O)C[C@@H]4F)cccc3n2CC(F)(F)F)c(OC)c1. The zero-order chi connectivity index (χ0) is 30.4. The number of piperidine rings is 1. The van der Waals surface area contributed by atoms with Crippen molar-refractivity contribution >= 4 is 28.2 Å². The fourth-order valence-corrected chi connectivity index (χ4v) is 5.09. The number of benzene rings is 2. The van der Waals surface area contributed by atoms with Gasteiger partial charge in [0.2, 0.25) is 0 Å². The number of fused-ring (bicyclic) bond motifs is 1. The summed E-state index contributed by atoms with van der Waals surface area (Å²) < 4.78 is 66.9. The summed E-state index contributed by atoms with van der Waals surface area (Å²) >= 11 is 0. The molecule has 0 radical (unpaired) electrons. The van der Waals surface area contributed by atoms with Gasteiger partial charge in [0.25, 0.3) is 0 Å². The molecule has 4 rings (SSSR count). The van der Waals surface area contributed by atoms with Crippen LogP contribution in [-0.2, 0) is 11.3 Å². The monoisotopic (exact) mass is 590 g/mol. The molecule has 0 amide bonds. The molecule has 0 bridgehead atoms. The Hall–Kier alpha value is -3.95. The number of hydrogen-bond donors (Lipinski definition) is 3. The van der Waals surface area contributed by atoms with Crippen LogP contribution in [0.4, 0.5) is 28.9 Å². The van der Waals surface area contributed by atoms with E-state index in [4.69, 9.17) is 9.47 Å². The third-order valence-electron chi connectivity index (χ3n) is 6.98. The zero-order valence-electron chi connectivity index (χ0n) is 23.6. The van der Waals surface area contributed by atoms with Crippen LogP contribution in [0.2, 0.25) is 0 Å². The van der Waals surface area contributed by atoms with Crippen molar-refractivity contribution in [2.24, 2.45) is 0 Å². The minimum Gasteiger partial charge on any atom is -0.495 e. The Morgan fingerprint density at radius 3 is 2.64 bits per heavy atom. The van der Waals surface area contributed by atoms with Crippen molar-refractivity contribution in [2.45, 2.75) is 44.4 Å². The van der Waals surface area contributed by atoms with Crippen LogP contribution >= 0.6 is 0 Å². The molecule has 0 unspecified atom stereocenters. The van der Waals surface area contributed by atoms with Crippen LogP contribution < -0.4 is 15.4 Å². The Morgan fingerprint density at radius 1 is 1.19 bits per heavy atom. The van der Waals surface area contributed by atoms with E-state index in [9.17, 15) is 23.1 Å². The summed E-state index contributed by atoms with van der Waals surface area (Å²) in [5, 5.41) is 16.4. The van der Waals surface area contributed by atoms with E-state index in [1.807, 2.05) is 4.90 Å². The van der Waals surface area contributed by atoms with E-state index in [1.165, 1.54) is 20.3 Å². The number of esters is 1. The molecule has 1 aliphatic heterocycles. The Bertz CT molecular complexity index is 1460. The van der Waals surface area contributed by atoms with Crippen LogP contribution in [0.5, 0.6) is 5.75 Å². The van der Waals surface area contributed by atoms with Crippen LogP contribution in [0.15, 0.2) is 42.5 Å². The summed E-state index contributed by atoms with van der Waals surface area (Å²) in [5.41, 5.74) is 1.87. The fourth-order valence-electron chi connectivity index (χ4n) is 5.09. The Labute approximate surface area is 241 Å². The van der Waals surface area contributed by atoms with Gasteiger partial charge < -0.3 is 29.8 Å². The number of aromatic nitrogens is 1. The summed E-state index contributed by atoms with van der Waals surface area (Å²) in [6.45, 7) is 1.64. The molecule has 2 heterocycles. The topological polar surface area (TPSA) is 88.0 Å². The van der Waals surface area contributed by atoms with E-state index in [0.29, 0.717) is 53.1 Å². The summed E-state index contributed by atoms with van der Waals surface area (Å²) in [5.74, 6) is 5.56. The summed E-state index contributed by atoms with van der Waals surface area (Å²) in [6, 6.07) is 10.7. The number of alkyl halides is 4. The number of hydrogen-bond acceptors (Lipinski definition) is 7. The molecule has 0 aliphatic carbocycles. The first-order chi connectivity index (χ1) is 20.0. The number of nitrogens with zero attached hydrogens (tertiary/aromatic N) is 2. The molecule has 2 aromatic carbocycles. The smallest absolute Gasteiger partial charge is 0.406 e. The molecule has 0 saturated carbocycles. The Balaban J connectivity index is 1.56. The maximum atomic E-state index is 15.0. The molecule has 3 N–H and O–H groups in total. The van der Waals surface area contributed by atoms with Gasteiger partial charge in [0.15, 0.2) is 0 Å². The molecule has 8 nitrogen and oxygen atoms in total. The van der Waals surface area contributed by atoms with Crippen LogP contribution in [0.25, 0.3) is 10.9 Å². The van der Waals surface area contributed by atoms with Crippen molar-refractivity contribution in [3.05, 3.63) is 53.7 Å². The van der Waals surface area contributed by atoms with Crippen LogP contribution in [0, 0.1) is 11.8 Å². The molecule has 3 atom stereocenters. The summed E-state index contributed by atoms with van der Waals surface area (Å²) in [6.07, 6.45) is -5.78. The minimum absolute atomic E-state index is 0.0845. The molecule has 226 valence electrons. The highest BCUT2D eigenvalue weighted by molar-refractivity contribution is 5.94. The van der Waals surface area contributed by atoms with Gasteiger partial charge in [0.05, 0.1) is 55.4 Å². The first kappa shape index (κ1) is 31.0. The van der Waals surface area contributed by atoms with E-state index < -0.39 is 37.0 Å². The van der Waals surface area contributed by atoms with Crippen LogP contribution in [0.1, 0.15) is 29.4 Å². The molecular formula is C30H34F4N4O4. The predicted molar refractivity (Wildman–Crippen MR) is 153 cm³/mol. The Kier molecular flexibility index (Phi) is 9.85. The van der Waals surface area contributed by atoms with Gasteiger partial charge in [0, 0.05) is 30.7 Å².